The molecule has 0 saturated carbocycles. The molecule has 1 atom stereocenters. The van der Waals surface area contributed by atoms with Gasteiger partial charge in [0.05, 0.1) is 5.56 Å². The molecule has 0 aliphatic rings. The van der Waals surface area contributed by atoms with Gasteiger partial charge < -0.3 is 10.2 Å². The van der Waals surface area contributed by atoms with Crippen LogP contribution < -0.4 is 5.32 Å². The molecule has 4 nitrogen and oxygen atoms in total. The summed E-state index contributed by atoms with van der Waals surface area (Å²) in [6.45, 7) is 6.41. The lowest BCUT2D eigenvalue weighted by molar-refractivity contribution is 0.0729. The van der Waals surface area contributed by atoms with Crippen LogP contribution in [0, 0.1) is 5.92 Å². The third kappa shape index (κ3) is 3.45. The zero-order valence-electron chi connectivity index (χ0n) is 11.9. The molecule has 18 heavy (non-hydrogen) atoms. The molecule has 100 valence electrons. The van der Waals surface area contributed by atoms with Gasteiger partial charge in [0.25, 0.3) is 5.91 Å². The number of hydrogen-bond donors (Lipinski definition) is 1. The van der Waals surface area contributed by atoms with Gasteiger partial charge in [0, 0.05) is 38.2 Å². The van der Waals surface area contributed by atoms with Crippen molar-refractivity contribution in [3.05, 3.63) is 24.0 Å². The Morgan fingerprint density at radius 2 is 2.11 bits per heavy atom. The lowest BCUT2D eigenvalue weighted by atomic mass is 10.0. The molecule has 1 rings (SSSR count). The van der Waals surface area contributed by atoms with Crippen LogP contribution >= 0.6 is 0 Å². The van der Waals surface area contributed by atoms with E-state index in [9.17, 15) is 4.79 Å². The van der Waals surface area contributed by atoms with Crippen molar-refractivity contribution in [2.45, 2.75) is 33.2 Å². The number of aromatic nitrogens is 1. The van der Waals surface area contributed by atoms with Crippen molar-refractivity contribution in [3.8, 4) is 0 Å². The summed E-state index contributed by atoms with van der Waals surface area (Å²) in [5, 5.41) is 3.02. The predicted octanol–water partition coefficient (Wildman–Crippen LogP) is 2.63. The highest BCUT2D eigenvalue weighted by molar-refractivity contribution is 5.99. The first-order valence-electron chi connectivity index (χ1n) is 6.36. The van der Waals surface area contributed by atoms with Gasteiger partial charge in [0.1, 0.15) is 0 Å². The first-order chi connectivity index (χ1) is 8.47. The quantitative estimate of drug-likeness (QED) is 0.872. The number of carbonyl (C=O) groups excluding carboxylic acids is 1. The summed E-state index contributed by atoms with van der Waals surface area (Å²) >= 11 is 0. The second kappa shape index (κ2) is 6.38. The summed E-state index contributed by atoms with van der Waals surface area (Å²) in [5.74, 6) is 0.591. The Balaban J connectivity index is 2.86. The summed E-state index contributed by atoms with van der Waals surface area (Å²) in [7, 11) is 3.66. The minimum atomic E-state index is 0.0144. The number of amides is 1. The Hall–Kier alpha value is -1.58. The lowest BCUT2D eigenvalue weighted by Gasteiger charge is -2.27. The third-order valence-electron chi connectivity index (χ3n) is 3.11. The first kappa shape index (κ1) is 14.5. The molecule has 0 aliphatic heterocycles. The molecule has 1 aromatic heterocycles. The van der Waals surface area contributed by atoms with Crippen molar-refractivity contribution in [1.29, 1.82) is 0 Å². The Bertz CT molecular complexity index is 404. The van der Waals surface area contributed by atoms with Gasteiger partial charge in [-0.3, -0.25) is 9.78 Å². The number of pyridine rings is 1. The average molecular weight is 249 g/mol. The van der Waals surface area contributed by atoms with Crippen molar-refractivity contribution in [2.24, 2.45) is 5.92 Å². The molecule has 4 heteroatoms. The zero-order chi connectivity index (χ0) is 13.7. The summed E-state index contributed by atoms with van der Waals surface area (Å²) in [6, 6.07) is 2.04. The van der Waals surface area contributed by atoms with E-state index in [-0.39, 0.29) is 11.9 Å². The molecule has 0 radical (unpaired) electrons. The summed E-state index contributed by atoms with van der Waals surface area (Å²) in [4.78, 5) is 18.2. The van der Waals surface area contributed by atoms with Crippen LogP contribution in [0.1, 0.15) is 37.6 Å². The third-order valence-corrected chi connectivity index (χ3v) is 3.11. The maximum absolute atomic E-state index is 12.4. The monoisotopic (exact) mass is 249 g/mol. The minimum absolute atomic E-state index is 0.0144. The first-order valence-corrected chi connectivity index (χ1v) is 6.36. The van der Waals surface area contributed by atoms with Crippen LogP contribution in [0.5, 0.6) is 0 Å². The fourth-order valence-corrected chi connectivity index (χ4v) is 2.01. The van der Waals surface area contributed by atoms with Crippen LogP contribution in [0.15, 0.2) is 18.5 Å². The topological polar surface area (TPSA) is 45.2 Å². The van der Waals surface area contributed by atoms with E-state index in [0.29, 0.717) is 11.5 Å². The molecule has 1 amide bonds. The number of nitrogens with one attached hydrogen (secondary N) is 1. The summed E-state index contributed by atoms with van der Waals surface area (Å²) in [5.41, 5.74) is 1.44. The SMILES string of the molecule is CNc1ccncc1C(=O)N(C)C(C)CC(C)C. The molecule has 1 unspecified atom stereocenters. The van der Waals surface area contributed by atoms with E-state index in [1.165, 1.54) is 0 Å². The molecule has 1 N–H and O–H groups in total. The molecule has 0 aromatic carbocycles. The molecule has 0 saturated heterocycles. The summed E-state index contributed by atoms with van der Waals surface area (Å²) in [6.07, 6.45) is 4.30. The highest BCUT2D eigenvalue weighted by atomic mass is 16.2. The molecule has 0 bridgehead atoms. The average Bonchev–Trinajstić information content (AvgIpc) is 2.36. The van der Waals surface area contributed by atoms with Crippen molar-refractivity contribution < 1.29 is 4.79 Å². The molecular formula is C14H23N3O. The molecule has 0 spiro atoms. The second-order valence-corrected chi connectivity index (χ2v) is 5.07. The van der Waals surface area contributed by atoms with Gasteiger partial charge in [0.15, 0.2) is 0 Å². The smallest absolute Gasteiger partial charge is 0.257 e. The van der Waals surface area contributed by atoms with Gasteiger partial charge in [0.2, 0.25) is 0 Å². The van der Waals surface area contributed by atoms with E-state index in [2.05, 4.69) is 31.1 Å². The predicted molar refractivity (Wildman–Crippen MR) is 74.8 cm³/mol. The fraction of sp³-hybridized carbons (Fsp3) is 0.571. The van der Waals surface area contributed by atoms with Crippen LogP contribution in [0.4, 0.5) is 5.69 Å². The maximum Gasteiger partial charge on any atom is 0.257 e. The largest absolute Gasteiger partial charge is 0.387 e. The normalized spacial score (nSPS) is 12.3. The molecule has 1 aromatic rings. The van der Waals surface area contributed by atoms with Crippen molar-refractivity contribution in [3.63, 3.8) is 0 Å². The van der Waals surface area contributed by atoms with Crippen molar-refractivity contribution in [1.82, 2.24) is 9.88 Å². The molecule has 0 fully saturated rings. The van der Waals surface area contributed by atoms with Crippen LogP contribution in [-0.4, -0.2) is 35.9 Å². The van der Waals surface area contributed by atoms with Crippen LogP contribution in [-0.2, 0) is 0 Å². The Morgan fingerprint density at radius 3 is 2.67 bits per heavy atom. The number of rotatable bonds is 5. The standard InChI is InChI=1S/C14H23N3O/c1-10(2)8-11(3)17(5)14(18)12-9-16-7-6-13(12)15-4/h6-7,9-11H,8H2,1-5H3,(H,15,16). The van der Waals surface area contributed by atoms with E-state index < -0.39 is 0 Å². The van der Waals surface area contributed by atoms with E-state index in [0.717, 1.165) is 12.1 Å². The van der Waals surface area contributed by atoms with Gasteiger partial charge >= 0.3 is 0 Å². The zero-order valence-corrected chi connectivity index (χ0v) is 11.9. The maximum atomic E-state index is 12.4. The van der Waals surface area contributed by atoms with E-state index in [4.69, 9.17) is 0 Å². The molecule has 0 aliphatic carbocycles. The number of carbonyl (C=O) groups is 1. The molecular weight excluding hydrogens is 226 g/mol. The van der Waals surface area contributed by atoms with Crippen molar-refractivity contribution >= 4 is 11.6 Å². The Kier molecular flexibility index (Phi) is 5.13. The van der Waals surface area contributed by atoms with E-state index in [1.807, 2.05) is 20.2 Å². The highest BCUT2D eigenvalue weighted by Crippen LogP contribution is 2.18. The van der Waals surface area contributed by atoms with Gasteiger partial charge in [-0.05, 0) is 25.3 Å². The number of anilines is 1. The van der Waals surface area contributed by atoms with Gasteiger partial charge in [-0.1, -0.05) is 13.8 Å². The fourth-order valence-electron chi connectivity index (χ4n) is 2.01. The summed E-state index contributed by atoms with van der Waals surface area (Å²) < 4.78 is 0. The van der Waals surface area contributed by atoms with Crippen LogP contribution in [0.2, 0.25) is 0 Å². The Morgan fingerprint density at radius 1 is 1.44 bits per heavy atom. The Labute approximate surface area is 109 Å². The minimum Gasteiger partial charge on any atom is -0.387 e. The van der Waals surface area contributed by atoms with E-state index in [1.54, 1.807) is 17.3 Å². The second-order valence-electron chi connectivity index (χ2n) is 5.07. The van der Waals surface area contributed by atoms with Gasteiger partial charge in [-0.2, -0.15) is 0 Å². The highest BCUT2D eigenvalue weighted by Gasteiger charge is 2.20. The van der Waals surface area contributed by atoms with Gasteiger partial charge in [-0.25, -0.2) is 0 Å². The lowest BCUT2D eigenvalue weighted by Crippen LogP contribution is -2.36. The van der Waals surface area contributed by atoms with Crippen LogP contribution in [0.25, 0.3) is 0 Å². The van der Waals surface area contributed by atoms with Crippen molar-refractivity contribution in [2.75, 3.05) is 19.4 Å². The van der Waals surface area contributed by atoms with Crippen LogP contribution in [0.3, 0.4) is 0 Å². The number of nitrogens with zero attached hydrogens (tertiary/aromatic N) is 2. The number of hydrogen-bond acceptors (Lipinski definition) is 3. The van der Waals surface area contributed by atoms with E-state index >= 15 is 0 Å². The molecule has 1 heterocycles. The van der Waals surface area contributed by atoms with Gasteiger partial charge in [-0.15, -0.1) is 0 Å².